The number of carbonyl (C=O) groups is 1. The number of rotatable bonds is 8. The van der Waals surface area contributed by atoms with Gasteiger partial charge in [0.2, 0.25) is 0 Å². The lowest BCUT2D eigenvalue weighted by Gasteiger charge is -2.17. The molecule has 1 heterocycles. The number of carboxylic acid groups (broad SMARTS) is 1. The van der Waals surface area contributed by atoms with Gasteiger partial charge in [0.25, 0.3) is 0 Å². The van der Waals surface area contributed by atoms with Crippen molar-refractivity contribution in [1.29, 1.82) is 0 Å². The largest absolute Gasteiger partial charge is 0.477 e. The van der Waals surface area contributed by atoms with Crippen LogP contribution in [0.15, 0.2) is 40.1 Å². The molecule has 166 valence electrons. The van der Waals surface area contributed by atoms with Gasteiger partial charge in [0.1, 0.15) is 12.4 Å². The molecule has 0 amide bonds. The molecule has 0 spiro atoms. The van der Waals surface area contributed by atoms with Crippen LogP contribution in [0.4, 0.5) is 0 Å². The molecule has 0 aliphatic carbocycles. The van der Waals surface area contributed by atoms with Crippen LogP contribution in [0.1, 0.15) is 10.5 Å². The summed E-state index contributed by atoms with van der Waals surface area (Å²) in [5.41, 5.74) is 0.600. The Hall–Kier alpha value is -0.863. The van der Waals surface area contributed by atoms with Crippen LogP contribution < -0.4 is 0 Å². The predicted octanol–water partition coefficient (Wildman–Crippen LogP) is 8.42. The molecular formula is C21H21Cl4NO3SSi. The Bertz CT molecular complexity index is 1140. The topological polar surface area (TPSA) is 51.5 Å². The zero-order chi connectivity index (χ0) is 22.9. The maximum Gasteiger partial charge on any atom is 0.352 e. The molecule has 0 saturated heterocycles. The summed E-state index contributed by atoms with van der Waals surface area (Å²) in [6.45, 7) is 7.39. The first kappa shape index (κ1) is 24.8. The molecule has 0 unspecified atom stereocenters. The summed E-state index contributed by atoms with van der Waals surface area (Å²) in [5.74, 6) is -1.07. The first-order valence-electron chi connectivity index (χ1n) is 9.43. The quantitative estimate of drug-likeness (QED) is 0.232. The van der Waals surface area contributed by atoms with E-state index in [-0.39, 0.29) is 17.4 Å². The number of aromatic carboxylic acids is 1. The Balaban J connectivity index is 2.05. The van der Waals surface area contributed by atoms with Crippen LogP contribution in [-0.2, 0) is 11.5 Å². The fourth-order valence-electron chi connectivity index (χ4n) is 2.95. The van der Waals surface area contributed by atoms with Crippen molar-refractivity contribution in [2.45, 2.75) is 42.2 Å². The van der Waals surface area contributed by atoms with Gasteiger partial charge < -0.3 is 14.4 Å². The zero-order valence-corrected chi connectivity index (χ0v) is 22.0. The van der Waals surface area contributed by atoms with Gasteiger partial charge in [-0.05, 0) is 36.4 Å². The van der Waals surface area contributed by atoms with E-state index in [4.69, 9.17) is 51.1 Å². The fraction of sp³-hybridized carbons (Fsp3) is 0.286. The minimum absolute atomic E-state index is 0.0709. The highest BCUT2D eigenvalue weighted by atomic mass is 35.5. The van der Waals surface area contributed by atoms with Crippen LogP contribution in [-0.4, -0.2) is 30.3 Å². The maximum atomic E-state index is 12.0. The highest BCUT2D eigenvalue weighted by Crippen LogP contribution is 2.44. The third-order valence-electron chi connectivity index (χ3n) is 4.59. The molecule has 4 nitrogen and oxygen atoms in total. The van der Waals surface area contributed by atoms with Crippen molar-refractivity contribution in [3.63, 3.8) is 0 Å². The number of carboxylic acids is 1. The van der Waals surface area contributed by atoms with E-state index in [1.165, 1.54) is 11.8 Å². The van der Waals surface area contributed by atoms with Gasteiger partial charge >= 0.3 is 5.97 Å². The van der Waals surface area contributed by atoms with Crippen molar-refractivity contribution in [2.24, 2.45) is 0 Å². The predicted molar refractivity (Wildman–Crippen MR) is 134 cm³/mol. The van der Waals surface area contributed by atoms with Crippen molar-refractivity contribution in [3.05, 3.63) is 56.1 Å². The summed E-state index contributed by atoms with van der Waals surface area (Å²) < 4.78 is 7.39. The second-order valence-electron chi connectivity index (χ2n) is 8.22. The van der Waals surface area contributed by atoms with Crippen molar-refractivity contribution in [2.75, 3.05) is 6.61 Å². The van der Waals surface area contributed by atoms with Gasteiger partial charge in [-0.1, -0.05) is 77.8 Å². The van der Waals surface area contributed by atoms with Crippen molar-refractivity contribution in [1.82, 2.24) is 4.57 Å². The van der Waals surface area contributed by atoms with E-state index in [0.29, 0.717) is 32.6 Å². The third kappa shape index (κ3) is 5.93. The number of aromatic nitrogens is 1. The lowest BCUT2D eigenvalue weighted by Crippen LogP contribution is -2.22. The summed E-state index contributed by atoms with van der Waals surface area (Å²) in [6.07, 6.45) is 0. The molecule has 3 rings (SSSR count). The summed E-state index contributed by atoms with van der Waals surface area (Å²) >= 11 is 26.6. The van der Waals surface area contributed by atoms with Gasteiger partial charge in [-0.25, -0.2) is 4.79 Å². The third-order valence-corrected chi connectivity index (χ3v) is 8.86. The monoisotopic (exact) mass is 535 g/mol. The zero-order valence-electron chi connectivity index (χ0n) is 17.1. The van der Waals surface area contributed by atoms with E-state index in [2.05, 4.69) is 19.6 Å². The van der Waals surface area contributed by atoms with Crippen LogP contribution in [0.2, 0.25) is 45.8 Å². The number of nitrogens with zero attached hydrogens (tertiary/aromatic N) is 1. The van der Waals surface area contributed by atoms with Gasteiger partial charge in [-0.3, -0.25) is 0 Å². The number of fused-ring (bicyclic) bond motifs is 1. The Labute approximate surface area is 206 Å². The molecule has 0 saturated carbocycles. The molecule has 1 N–H and O–H groups in total. The molecule has 0 aliphatic rings. The van der Waals surface area contributed by atoms with Gasteiger partial charge in [0.05, 0.1) is 20.6 Å². The van der Waals surface area contributed by atoms with Crippen LogP contribution in [0.25, 0.3) is 10.9 Å². The molecule has 10 heteroatoms. The SMILES string of the molecule is C[Si](C)(C)CCOCn1c(C(=O)O)cc2c(Sc3ccc(Cl)cc3Cl)cc(Cl)c(Cl)c21. The number of hydrogen-bond acceptors (Lipinski definition) is 3. The molecule has 0 bridgehead atoms. The molecule has 0 atom stereocenters. The first-order chi connectivity index (χ1) is 14.5. The van der Waals surface area contributed by atoms with Crippen molar-refractivity contribution < 1.29 is 14.6 Å². The summed E-state index contributed by atoms with van der Waals surface area (Å²) in [6, 6.07) is 9.47. The van der Waals surface area contributed by atoms with Gasteiger partial charge in [-0.15, -0.1) is 0 Å². The molecular weight excluding hydrogens is 516 g/mol. The van der Waals surface area contributed by atoms with Crippen LogP contribution in [0.3, 0.4) is 0 Å². The number of hydrogen-bond donors (Lipinski definition) is 1. The van der Waals surface area contributed by atoms with E-state index in [0.717, 1.165) is 15.8 Å². The molecule has 1 aromatic heterocycles. The Kier molecular flexibility index (Phi) is 7.96. The van der Waals surface area contributed by atoms with Crippen LogP contribution in [0.5, 0.6) is 0 Å². The highest BCUT2D eigenvalue weighted by Gasteiger charge is 2.22. The maximum absolute atomic E-state index is 12.0. The highest BCUT2D eigenvalue weighted by molar-refractivity contribution is 7.99. The number of halogens is 4. The van der Waals surface area contributed by atoms with Crippen molar-refractivity contribution in [3.8, 4) is 0 Å². The summed E-state index contributed by atoms with van der Waals surface area (Å²) in [4.78, 5) is 13.5. The van der Waals surface area contributed by atoms with Gasteiger partial charge in [0, 0.05) is 34.9 Å². The fourth-order valence-corrected chi connectivity index (χ4v) is 5.72. The first-order valence-corrected chi connectivity index (χ1v) is 15.5. The molecule has 0 radical (unpaired) electrons. The number of ether oxygens (including phenoxy) is 1. The Morgan fingerprint density at radius 2 is 1.77 bits per heavy atom. The lowest BCUT2D eigenvalue weighted by atomic mass is 10.2. The van der Waals surface area contributed by atoms with Gasteiger partial charge in [0.15, 0.2) is 0 Å². The second kappa shape index (κ2) is 9.95. The van der Waals surface area contributed by atoms with E-state index in [9.17, 15) is 9.90 Å². The van der Waals surface area contributed by atoms with E-state index in [1.54, 1.807) is 34.9 Å². The average molecular weight is 537 g/mol. The minimum atomic E-state index is -1.27. The molecule has 0 fully saturated rings. The Morgan fingerprint density at radius 3 is 2.39 bits per heavy atom. The molecule has 2 aromatic carbocycles. The van der Waals surface area contributed by atoms with Crippen molar-refractivity contribution >= 4 is 83.1 Å². The molecule has 3 aromatic rings. The lowest BCUT2D eigenvalue weighted by molar-refractivity contribution is 0.0630. The Morgan fingerprint density at radius 1 is 1.06 bits per heavy atom. The number of benzene rings is 2. The van der Waals surface area contributed by atoms with E-state index >= 15 is 0 Å². The van der Waals surface area contributed by atoms with E-state index in [1.807, 2.05) is 0 Å². The average Bonchev–Trinajstić information content (AvgIpc) is 3.04. The summed E-state index contributed by atoms with van der Waals surface area (Å²) in [5, 5.41) is 12.1. The minimum Gasteiger partial charge on any atom is -0.477 e. The molecule has 31 heavy (non-hydrogen) atoms. The smallest absolute Gasteiger partial charge is 0.352 e. The summed E-state index contributed by atoms with van der Waals surface area (Å²) in [7, 11) is -1.27. The normalized spacial score (nSPS) is 12.0. The van der Waals surface area contributed by atoms with Crippen LogP contribution >= 0.6 is 58.2 Å². The van der Waals surface area contributed by atoms with E-state index < -0.39 is 14.0 Å². The molecule has 0 aliphatic heterocycles. The van der Waals surface area contributed by atoms with Crippen LogP contribution in [0, 0.1) is 0 Å². The van der Waals surface area contributed by atoms with Gasteiger partial charge in [-0.2, -0.15) is 0 Å². The standard InChI is InChI=1S/C21H21Cl4NO3SSi/c1-31(2,3)7-6-29-11-26-16(21(27)28)9-13-18(10-15(24)19(25)20(13)26)30-17-5-4-12(22)8-14(17)23/h4-5,8-10H,6-7,11H2,1-3H3,(H,27,28). The second-order valence-corrected chi connectivity index (χ2v) is 16.6.